The van der Waals surface area contributed by atoms with Crippen molar-refractivity contribution in [2.45, 2.75) is 20.0 Å². The Morgan fingerprint density at radius 2 is 1.70 bits per heavy atom. The van der Waals surface area contributed by atoms with E-state index >= 15 is 0 Å². The number of ether oxygens (including phenoxy) is 1. The Balaban J connectivity index is 1.75. The minimum atomic E-state index is -0.808. The van der Waals surface area contributed by atoms with E-state index in [1.54, 1.807) is 37.3 Å². The number of rotatable bonds is 6. The molecule has 0 aliphatic carbocycles. The van der Waals surface area contributed by atoms with Crippen LogP contribution in [-0.2, 0) is 4.79 Å². The van der Waals surface area contributed by atoms with Crippen LogP contribution in [0, 0.1) is 0 Å². The minimum Gasteiger partial charge on any atom is -0.480 e. The van der Waals surface area contributed by atoms with Crippen molar-refractivity contribution < 1.29 is 19.1 Å². The van der Waals surface area contributed by atoms with Crippen LogP contribution in [0.15, 0.2) is 60.7 Å². The summed E-state index contributed by atoms with van der Waals surface area (Å²) in [5.41, 5.74) is 1.55. The van der Waals surface area contributed by atoms with E-state index in [9.17, 15) is 14.4 Å². The third kappa shape index (κ3) is 4.03. The first-order valence-electron chi connectivity index (χ1n) is 8.55. The van der Waals surface area contributed by atoms with Gasteiger partial charge in [-0.05, 0) is 55.0 Å². The first kappa shape index (κ1) is 18.3. The summed E-state index contributed by atoms with van der Waals surface area (Å²) in [6.45, 7) is 3.10. The predicted molar refractivity (Wildman–Crippen MR) is 105 cm³/mol. The zero-order valence-corrected chi connectivity index (χ0v) is 15.1. The third-order valence-electron chi connectivity index (χ3n) is 4.28. The highest BCUT2D eigenvalue weighted by molar-refractivity contribution is 6.01. The van der Waals surface area contributed by atoms with Gasteiger partial charge in [0, 0.05) is 11.3 Å². The van der Waals surface area contributed by atoms with Crippen LogP contribution >= 0.6 is 0 Å². The van der Waals surface area contributed by atoms with Crippen LogP contribution in [0.2, 0.25) is 0 Å². The van der Waals surface area contributed by atoms with Crippen LogP contribution in [0.25, 0.3) is 10.8 Å². The van der Waals surface area contributed by atoms with Crippen molar-refractivity contribution in [1.29, 1.82) is 0 Å². The fourth-order valence-corrected chi connectivity index (χ4v) is 2.78. The fourth-order valence-electron chi connectivity index (χ4n) is 2.78. The molecule has 0 saturated heterocycles. The molecule has 27 heavy (non-hydrogen) atoms. The lowest BCUT2D eigenvalue weighted by molar-refractivity contribution is -0.122. The summed E-state index contributed by atoms with van der Waals surface area (Å²) >= 11 is 0. The molecule has 0 fully saturated rings. The highest BCUT2D eigenvalue weighted by Gasteiger charge is 2.18. The minimum absolute atomic E-state index is 0.0396. The van der Waals surface area contributed by atoms with Gasteiger partial charge in [-0.25, -0.2) is 0 Å². The lowest BCUT2D eigenvalue weighted by Crippen LogP contribution is -2.30. The Morgan fingerprint density at radius 1 is 1.00 bits per heavy atom. The molecule has 136 valence electrons. The lowest BCUT2D eigenvalue weighted by atomic mass is 10.0. The second kappa shape index (κ2) is 7.83. The first-order chi connectivity index (χ1) is 13.0. The molecule has 3 aromatic rings. The second-order valence-corrected chi connectivity index (χ2v) is 6.20. The number of ketones is 1. The summed E-state index contributed by atoms with van der Waals surface area (Å²) in [4.78, 5) is 35.3. The molecule has 0 aliphatic heterocycles. The van der Waals surface area contributed by atoms with Crippen LogP contribution in [0.3, 0.4) is 0 Å². The van der Waals surface area contributed by atoms with E-state index in [1.807, 2.05) is 30.3 Å². The van der Waals surface area contributed by atoms with E-state index in [1.165, 1.54) is 6.92 Å². The number of anilines is 1. The summed E-state index contributed by atoms with van der Waals surface area (Å²) in [6, 6.07) is 17.7. The molecule has 5 nitrogen and oxygen atoms in total. The van der Waals surface area contributed by atoms with Gasteiger partial charge < -0.3 is 10.1 Å². The van der Waals surface area contributed by atoms with E-state index in [-0.39, 0.29) is 11.7 Å². The van der Waals surface area contributed by atoms with Gasteiger partial charge in [0.1, 0.15) is 5.75 Å². The van der Waals surface area contributed by atoms with E-state index in [0.717, 1.165) is 17.1 Å². The number of amides is 1. The molecule has 0 unspecified atom stereocenters. The maximum absolute atomic E-state index is 12.4. The molecule has 0 aromatic heterocycles. The number of benzene rings is 3. The Bertz CT molecular complexity index is 1010. The summed E-state index contributed by atoms with van der Waals surface area (Å²) in [7, 11) is 0. The molecule has 0 bridgehead atoms. The quantitative estimate of drug-likeness (QED) is 0.526. The molecular weight excluding hydrogens is 342 g/mol. The molecule has 1 N–H and O–H groups in total. The maximum Gasteiger partial charge on any atom is 0.265 e. The topological polar surface area (TPSA) is 72.5 Å². The highest BCUT2D eigenvalue weighted by Crippen LogP contribution is 2.27. The number of nitrogens with one attached hydrogen (secondary N) is 1. The summed E-state index contributed by atoms with van der Waals surface area (Å²) < 4.78 is 5.74. The van der Waals surface area contributed by atoms with Crippen molar-refractivity contribution in [3.05, 3.63) is 71.8 Å². The van der Waals surface area contributed by atoms with Gasteiger partial charge in [-0.2, -0.15) is 0 Å². The summed E-state index contributed by atoms with van der Waals surface area (Å²) in [6.07, 6.45) is -0.0691. The number of hydrogen-bond donors (Lipinski definition) is 1. The number of Topliss-reactive ketones (excluding diaryl/α,β-unsaturated/α-hetero) is 1. The molecule has 1 atom stereocenters. The van der Waals surface area contributed by atoms with Gasteiger partial charge in [0.15, 0.2) is 18.2 Å². The maximum atomic E-state index is 12.4. The van der Waals surface area contributed by atoms with Gasteiger partial charge in [0.2, 0.25) is 0 Å². The highest BCUT2D eigenvalue weighted by atomic mass is 16.5. The van der Waals surface area contributed by atoms with Crippen LogP contribution in [0.5, 0.6) is 5.75 Å². The smallest absolute Gasteiger partial charge is 0.265 e. The average Bonchev–Trinajstić information content (AvgIpc) is 2.68. The zero-order chi connectivity index (χ0) is 19.4. The zero-order valence-electron chi connectivity index (χ0n) is 15.1. The standard InChI is InChI=1S/C22H19NO4/c1-14(25)16-7-10-18(11-8-16)23-22(26)15(2)27-21-12-9-17-5-3-4-6-19(17)20(21)13-24/h3-13,15H,1-2H3,(H,23,26)/t15-/m1/s1. The molecule has 3 rings (SSSR count). The summed E-state index contributed by atoms with van der Waals surface area (Å²) in [5, 5.41) is 4.44. The molecule has 0 spiro atoms. The Kier molecular flexibility index (Phi) is 5.31. The van der Waals surface area contributed by atoms with Crippen molar-refractivity contribution in [2.24, 2.45) is 0 Å². The van der Waals surface area contributed by atoms with E-state index in [4.69, 9.17) is 4.74 Å². The van der Waals surface area contributed by atoms with E-state index < -0.39 is 6.10 Å². The van der Waals surface area contributed by atoms with Crippen molar-refractivity contribution in [3.8, 4) is 5.75 Å². The summed E-state index contributed by atoms with van der Waals surface area (Å²) in [5.74, 6) is -0.0314. The van der Waals surface area contributed by atoms with Gasteiger partial charge >= 0.3 is 0 Å². The third-order valence-corrected chi connectivity index (χ3v) is 4.28. The largest absolute Gasteiger partial charge is 0.480 e. The number of hydrogen-bond acceptors (Lipinski definition) is 4. The molecule has 0 heterocycles. The molecule has 0 saturated carbocycles. The van der Waals surface area contributed by atoms with Crippen molar-refractivity contribution in [1.82, 2.24) is 0 Å². The van der Waals surface area contributed by atoms with Crippen LogP contribution < -0.4 is 10.1 Å². The van der Waals surface area contributed by atoms with Gasteiger partial charge in [0.25, 0.3) is 5.91 Å². The van der Waals surface area contributed by atoms with Crippen LogP contribution in [-0.4, -0.2) is 24.1 Å². The normalized spacial score (nSPS) is 11.6. The van der Waals surface area contributed by atoms with Crippen LogP contribution in [0.1, 0.15) is 34.6 Å². The number of carbonyl (C=O) groups is 3. The average molecular weight is 361 g/mol. The van der Waals surface area contributed by atoms with Crippen molar-refractivity contribution in [3.63, 3.8) is 0 Å². The Hall–Kier alpha value is -3.47. The number of fused-ring (bicyclic) bond motifs is 1. The lowest BCUT2D eigenvalue weighted by Gasteiger charge is -2.17. The SMILES string of the molecule is CC(=O)c1ccc(NC(=O)[C@@H](C)Oc2ccc3ccccc3c2C=O)cc1. The molecule has 5 heteroatoms. The van der Waals surface area contributed by atoms with Crippen LogP contribution in [0.4, 0.5) is 5.69 Å². The monoisotopic (exact) mass is 361 g/mol. The fraction of sp³-hybridized carbons (Fsp3) is 0.136. The van der Waals surface area contributed by atoms with Gasteiger partial charge in [-0.1, -0.05) is 30.3 Å². The molecular formula is C22H19NO4. The van der Waals surface area contributed by atoms with Gasteiger partial charge in [0.05, 0.1) is 5.56 Å². The number of carbonyl (C=O) groups excluding carboxylic acids is 3. The van der Waals surface area contributed by atoms with E-state index in [2.05, 4.69) is 5.32 Å². The van der Waals surface area contributed by atoms with Gasteiger partial charge in [-0.15, -0.1) is 0 Å². The Morgan fingerprint density at radius 3 is 2.37 bits per heavy atom. The van der Waals surface area contributed by atoms with E-state index in [0.29, 0.717) is 22.6 Å². The Labute approximate surface area is 157 Å². The second-order valence-electron chi connectivity index (χ2n) is 6.20. The van der Waals surface area contributed by atoms with Gasteiger partial charge in [-0.3, -0.25) is 14.4 Å². The molecule has 1 amide bonds. The van der Waals surface area contributed by atoms with Crippen molar-refractivity contribution >= 4 is 34.4 Å². The molecule has 3 aromatic carbocycles. The molecule has 0 aliphatic rings. The number of aldehydes is 1. The first-order valence-corrected chi connectivity index (χ1v) is 8.55. The van der Waals surface area contributed by atoms with Crippen molar-refractivity contribution in [2.75, 3.05) is 5.32 Å². The predicted octanol–water partition coefficient (Wildman–Crippen LogP) is 4.26. The molecule has 0 radical (unpaired) electrons.